The van der Waals surface area contributed by atoms with Crippen molar-refractivity contribution in [2.45, 2.75) is 25.2 Å². The topological polar surface area (TPSA) is 30.5 Å². The lowest BCUT2D eigenvalue weighted by atomic mass is 9.96. The van der Waals surface area contributed by atoms with E-state index >= 15 is 0 Å². The molecule has 3 nitrogen and oxygen atoms in total. The molecule has 1 aliphatic rings. The number of ether oxygens (including phenoxy) is 2. The first kappa shape index (κ1) is 21.4. The molecule has 0 radical (unpaired) electrons. The summed E-state index contributed by atoms with van der Waals surface area (Å²) < 4.78 is 50.6. The molecule has 0 amide bonds. The van der Waals surface area contributed by atoms with Gasteiger partial charge in [0.15, 0.2) is 0 Å². The van der Waals surface area contributed by atoms with Crippen molar-refractivity contribution < 1.29 is 22.6 Å². The minimum absolute atomic E-state index is 0.105. The van der Waals surface area contributed by atoms with E-state index in [9.17, 15) is 13.2 Å². The fourth-order valence-electron chi connectivity index (χ4n) is 3.99. The number of hydrogen-bond donors (Lipinski definition) is 1. The molecule has 6 heteroatoms. The molecule has 3 aromatic rings. The van der Waals surface area contributed by atoms with Gasteiger partial charge in [-0.1, -0.05) is 42.5 Å². The second-order valence-corrected chi connectivity index (χ2v) is 7.55. The van der Waals surface area contributed by atoms with Crippen molar-refractivity contribution in [1.29, 1.82) is 0 Å². The molecule has 31 heavy (non-hydrogen) atoms. The van der Waals surface area contributed by atoms with Gasteiger partial charge >= 0.3 is 6.18 Å². The molecule has 1 N–H and O–H groups in total. The fourth-order valence-corrected chi connectivity index (χ4v) is 3.99. The first-order chi connectivity index (χ1) is 15.0. The van der Waals surface area contributed by atoms with Gasteiger partial charge < -0.3 is 14.8 Å². The summed E-state index contributed by atoms with van der Waals surface area (Å²) in [7, 11) is 1.66. The van der Waals surface area contributed by atoms with Crippen molar-refractivity contribution >= 4 is 0 Å². The number of methoxy groups -OCH3 is 1. The van der Waals surface area contributed by atoms with Gasteiger partial charge in [0, 0.05) is 18.7 Å². The maximum Gasteiger partial charge on any atom is 0.416 e. The summed E-state index contributed by atoms with van der Waals surface area (Å²) in [5, 5.41) is 3.42. The molecule has 0 aromatic heterocycles. The summed E-state index contributed by atoms with van der Waals surface area (Å²) in [6, 6.07) is 19.0. The van der Waals surface area contributed by atoms with E-state index in [0.29, 0.717) is 25.3 Å². The van der Waals surface area contributed by atoms with Gasteiger partial charge in [-0.2, -0.15) is 13.2 Å². The molecular formula is C25H24F3NO2. The summed E-state index contributed by atoms with van der Waals surface area (Å²) in [4.78, 5) is 0. The molecule has 0 aliphatic carbocycles. The minimum atomic E-state index is -4.35. The number of fused-ring (bicyclic) bond motifs is 1. The predicted molar refractivity (Wildman–Crippen MR) is 114 cm³/mol. The molecule has 0 saturated carbocycles. The lowest BCUT2D eigenvalue weighted by Gasteiger charge is -2.28. The van der Waals surface area contributed by atoms with E-state index < -0.39 is 11.7 Å². The predicted octanol–water partition coefficient (Wildman–Crippen LogP) is 5.78. The van der Waals surface area contributed by atoms with Gasteiger partial charge in [0.25, 0.3) is 0 Å². The number of hydrogen-bond acceptors (Lipinski definition) is 3. The molecule has 3 aromatic carbocycles. The van der Waals surface area contributed by atoms with Crippen LogP contribution in [0.2, 0.25) is 0 Å². The van der Waals surface area contributed by atoms with Crippen molar-refractivity contribution in [3.05, 3.63) is 89.0 Å². The second kappa shape index (κ2) is 9.12. The molecule has 1 heterocycles. The number of alkyl halides is 3. The van der Waals surface area contributed by atoms with Gasteiger partial charge in [-0.3, -0.25) is 0 Å². The highest BCUT2D eigenvalue weighted by atomic mass is 19.4. The number of rotatable bonds is 6. The Kier molecular flexibility index (Phi) is 6.30. The molecule has 0 spiro atoms. The second-order valence-electron chi connectivity index (χ2n) is 7.55. The average Bonchev–Trinajstić information content (AvgIpc) is 2.78. The van der Waals surface area contributed by atoms with Gasteiger partial charge in [0.05, 0.1) is 25.4 Å². The van der Waals surface area contributed by atoms with Gasteiger partial charge in [0.1, 0.15) is 5.75 Å². The Morgan fingerprint density at radius 1 is 1.00 bits per heavy atom. The lowest BCUT2D eigenvalue weighted by Crippen LogP contribution is -2.27. The highest BCUT2D eigenvalue weighted by Gasteiger charge is 2.30. The molecule has 0 saturated heterocycles. The van der Waals surface area contributed by atoms with Crippen LogP contribution in [0.1, 0.15) is 28.4 Å². The average molecular weight is 427 g/mol. The quantitative estimate of drug-likeness (QED) is 0.541. The van der Waals surface area contributed by atoms with Gasteiger partial charge in [-0.25, -0.2) is 0 Å². The van der Waals surface area contributed by atoms with Crippen LogP contribution >= 0.6 is 0 Å². The maximum absolute atomic E-state index is 13.0. The van der Waals surface area contributed by atoms with E-state index in [1.54, 1.807) is 13.2 Å². The van der Waals surface area contributed by atoms with Gasteiger partial charge in [-0.15, -0.1) is 0 Å². The summed E-state index contributed by atoms with van der Waals surface area (Å²) >= 11 is 0. The Labute approximate surface area is 179 Å². The van der Waals surface area contributed by atoms with Crippen LogP contribution < -0.4 is 10.1 Å². The summed E-state index contributed by atoms with van der Waals surface area (Å²) in [6.45, 7) is 1.86. The normalized spacial score (nSPS) is 16.1. The zero-order valence-corrected chi connectivity index (χ0v) is 17.2. The Bertz CT molecular complexity index is 1030. The zero-order chi connectivity index (χ0) is 21.8. The SMILES string of the molecule is COc1cccc2c1C(CNCc1cccc(-c3cccc(C(F)(F)F)c3)c1)OCC2. The largest absolute Gasteiger partial charge is 0.496 e. The summed E-state index contributed by atoms with van der Waals surface area (Å²) in [6.07, 6.45) is -3.60. The third-order valence-electron chi connectivity index (χ3n) is 5.50. The number of benzene rings is 3. The van der Waals surface area contributed by atoms with Gasteiger partial charge in [-0.05, 0) is 52.9 Å². The smallest absolute Gasteiger partial charge is 0.416 e. The van der Waals surface area contributed by atoms with Crippen LogP contribution in [0.4, 0.5) is 13.2 Å². The van der Waals surface area contributed by atoms with Crippen LogP contribution in [0.3, 0.4) is 0 Å². The molecule has 162 valence electrons. The van der Waals surface area contributed by atoms with Crippen LogP contribution in [0.25, 0.3) is 11.1 Å². The van der Waals surface area contributed by atoms with Crippen molar-refractivity contribution in [3.63, 3.8) is 0 Å². The molecule has 0 fully saturated rings. The van der Waals surface area contributed by atoms with Crippen molar-refractivity contribution in [1.82, 2.24) is 5.32 Å². The molecule has 1 atom stereocenters. The molecule has 1 aliphatic heterocycles. The van der Waals surface area contributed by atoms with Gasteiger partial charge in [0.2, 0.25) is 0 Å². The zero-order valence-electron chi connectivity index (χ0n) is 17.2. The monoisotopic (exact) mass is 427 g/mol. The Morgan fingerprint density at radius 2 is 1.74 bits per heavy atom. The number of halogens is 3. The van der Waals surface area contributed by atoms with Crippen LogP contribution in [0.15, 0.2) is 66.7 Å². The molecule has 0 bridgehead atoms. The van der Waals surface area contributed by atoms with Crippen molar-refractivity contribution in [3.8, 4) is 16.9 Å². The molecule has 4 rings (SSSR count). The third kappa shape index (κ3) is 4.92. The van der Waals surface area contributed by atoms with E-state index in [-0.39, 0.29) is 6.10 Å². The van der Waals surface area contributed by atoms with Crippen molar-refractivity contribution in [2.75, 3.05) is 20.3 Å². The Hall–Kier alpha value is -2.83. The van der Waals surface area contributed by atoms with E-state index in [0.717, 1.165) is 34.9 Å². The van der Waals surface area contributed by atoms with E-state index in [1.807, 2.05) is 36.4 Å². The standard InChI is InChI=1S/C25H24F3NO2/c1-30-22-10-4-6-18-11-12-31-23(24(18)22)16-29-15-17-5-2-7-19(13-17)20-8-3-9-21(14-20)25(26,27)28/h2-10,13-14,23,29H,11-12,15-16H2,1H3. The summed E-state index contributed by atoms with van der Waals surface area (Å²) in [5.41, 5.74) is 3.98. The van der Waals surface area contributed by atoms with Crippen LogP contribution in [-0.2, 0) is 23.9 Å². The maximum atomic E-state index is 13.0. The Balaban J connectivity index is 1.45. The first-order valence-corrected chi connectivity index (χ1v) is 10.2. The van der Waals surface area contributed by atoms with Crippen LogP contribution in [-0.4, -0.2) is 20.3 Å². The van der Waals surface area contributed by atoms with E-state index in [4.69, 9.17) is 9.47 Å². The highest BCUT2D eigenvalue weighted by Crippen LogP contribution is 2.35. The molecule has 1 unspecified atom stereocenters. The highest BCUT2D eigenvalue weighted by molar-refractivity contribution is 5.65. The Morgan fingerprint density at radius 3 is 2.52 bits per heavy atom. The summed E-state index contributed by atoms with van der Waals surface area (Å²) in [5.74, 6) is 0.829. The van der Waals surface area contributed by atoms with Crippen LogP contribution in [0, 0.1) is 0 Å². The van der Waals surface area contributed by atoms with E-state index in [2.05, 4.69) is 11.4 Å². The fraction of sp³-hybridized carbons (Fsp3) is 0.280. The van der Waals surface area contributed by atoms with Crippen LogP contribution in [0.5, 0.6) is 5.75 Å². The van der Waals surface area contributed by atoms with Crippen molar-refractivity contribution in [2.24, 2.45) is 0 Å². The number of nitrogens with one attached hydrogen (secondary N) is 1. The van der Waals surface area contributed by atoms with E-state index in [1.165, 1.54) is 17.7 Å². The minimum Gasteiger partial charge on any atom is -0.496 e. The lowest BCUT2D eigenvalue weighted by molar-refractivity contribution is -0.137. The molecular weight excluding hydrogens is 403 g/mol. The first-order valence-electron chi connectivity index (χ1n) is 10.2. The third-order valence-corrected chi connectivity index (χ3v) is 5.50.